The predicted octanol–water partition coefficient (Wildman–Crippen LogP) is 2.73. The molecule has 0 aromatic rings. The molecule has 0 heterocycles. The Bertz CT molecular complexity index is 302. The highest BCUT2D eigenvalue weighted by Gasteiger charge is 2.28. The van der Waals surface area contributed by atoms with E-state index in [1.54, 1.807) is 0 Å². The molecule has 0 aromatic carbocycles. The number of nitrogens with one attached hydrogen (secondary N) is 1. The van der Waals surface area contributed by atoms with Crippen molar-refractivity contribution in [3.63, 3.8) is 0 Å². The first-order valence-electron chi connectivity index (χ1n) is 7.18. The first kappa shape index (κ1) is 20.8. The average molecular weight is 422 g/mol. The molecule has 3 N–H and O–H groups in total. The largest absolute Gasteiger partial charge is 0.401 e. The molecule has 0 unspecified atom stereocenters. The number of alkyl halides is 3. The second-order valence-electron chi connectivity index (χ2n) is 5.45. The van der Waals surface area contributed by atoms with Gasteiger partial charge in [-0.25, -0.2) is 0 Å². The second-order valence-corrected chi connectivity index (χ2v) is 5.45. The Hall–Kier alpha value is -0.250. The molecule has 0 aliphatic heterocycles. The number of hydrogen-bond donors (Lipinski definition) is 2. The maximum Gasteiger partial charge on any atom is 0.401 e. The minimum absolute atomic E-state index is 0. The van der Waals surface area contributed by atoms with Crippen LogP contribution >= 0.6 is 24.0 Å². The summed E-state index contributed by atoms with van der Waals surface area (Å²) in [6, 6.07) is 0.356. The summed E-state index contributed by atoms with van der Waals surface area (Å²) in [5.41, 5.74) is 5.77. The van der Waals surface area contributed by atoms with E-state index >= 15 is 0 Å². The number of rotatable bonds is 5. The van der Waals surface area contributed by atoms with Crippen LogP contribution in [-0.4, -0.2) is 49.8 Å². The molecule has 0 saturated heterocycles. The highest BCUT2D eigenvalue weighted by atomic mass is 127. The standard InChI is InChI=1S/C13H25F3N4.HI/c1-20(10-13(14,15)16)9-8-18-12(17)19-11-6-4-2-3-5-7-11;/h11H,2-10H2,1H3,(H3,17,18,19);1H. The van der Waals surface area contributed by atoms with E-state index < -0.39 is 12.7 Å². The quantitative estimate of drug-likeness (QED) is 0.310. The summed E-state index contributed by atoms with van der Waals surface area (Å²) >= 11 is 0. The third kappa shape index (κ3) is 11.0. The number of hydrogen-bond acceptors (Lipinski definition) is 2. The highest BCUT2D eigenvalue weighted by Crippen LogP contribution is 2.17. The first-order valence-corrected chi connectivity index (χ1v) is 7.18. The lowest BCUT2D eigenvalue weighted by molar-refractivity contribution is -0.142. The fourth-order valence-electron chi connectivity index (χ4n) is 2.40. The van der Waals surface area contributed by atoms with E-state index in [1.165, 1.54) is 37.6 Å². The maximum atomic E-state index is 12.1. The third-order valence-electron chi connectivity index (χ3n) is 3.42. The molecular weight excluding hydrogens is 396 g/mol. The molecule has 1 aliphatic rings. The molecule has 21 heavy (non-hydrogen) atoms. The van der Waals surface area contributed by atoms with Crippen molar-refractivity contribution in [2.75, 3.05) is 26.7 Å². The second kappa shape index (κ2) is 10.5. The van der Waals surface area contributed by atoms with E-state index in [4.69, 9.17) is 5.73 Å². The van der Waals surface area contributed by atoms with Crippen LogP contribution in [0.3, 0.4) is 0 Å². The molecule has 4 nitrogen and oxygen atoms in total. The van der Waals surface area contributed by atoms with Crippen molar-refractivity contribution < 1.29 is 13.2 Å². The van der Waals surface area contributed by atoms with Gasteiger partial charge in [-0.3, -0.25) is 9.89 Å². The van der Waals surface area contributed by atoms with Crippen molar-refractivity contribution in [3.05, 3.63) is 0 Å². The number of likely N-dealkylation sites (N-methyl/N-ethyl adjacent to an activating group) is 1. The predicted molar refractivity (Wildman–Crippen MR) is 90.1 cm³/mol. The first-order chi connectivity index (χ1) is 9.37. The summed E-state index contributed by atoms with van der Waals surface area (Å²) in [5.74, 6) is 0.345. The number of nitrogens with two attached hydrogens (primary N) is 1. The van der Waals surface area contributed by atoms with Crippen LogP contribution in [0.15, 0.2) is 4.99 Å². The summed E-state index contributed by atoms with van der Waals surface area (Å²) in [6.07, 6.45) is 2.92. The lowest BCUT2D eigenvalue weighted by Crippen LogP contribution is -2.40. The summed E-state index contributed by atoms with van der Waals surface area (Å²) < 4.78 is 36.4. The van der Waals surface area contributed by atoms with Gasteiger partial charge in [0.15, 0.2) is 5.96 Å². The lowest BCUT2D eigenvalue weighted by atomic mass is 10.1. The highest BCUT2D eigenvalue weighted by molar-refractivity contribution is 14.0. The number of aliphatic imine (C=N–C) groups is 1. The molecule has 126 valence electrons. The van der Waals surface area contributed by atoms with E-state index in [9.17, 15) is 13.2 Å². The van der Waals surface area contributed by atoms with Crippen LogP contribution in [0.4, 0.5) is 13.2 Å². The van der Waals surface area contributed by atoms with E-state index in [0.29, 0.717) is 12.0 Å². The molecule has 0 amide bonds. The Morgan fingerprint density at radius 1 is 1.24 bits per heavy atom. The van der Waals surface area contributed by atoms with Gasteiger partial charge in [-0.2, -0.15) is 13.2 Å². The van der Waals surface area contributed by atoms with E-state index in [2.05, 4.69) is 10.3 Å². The van der Waals surface area contributed by atoms with Gasteiger partial charge in [0.25, 0.3) is 0 Å². The topological polar surface area (TPSA) is 53.6 Å². The fourth-order valence-corrected chi connectivity index (χ4v) is 2.40. The molecule has 0 bridgehead atoms. The normalized spacial score (nSPS) is 18.2. The van der Waals surface area contributed by atoms with Crippen molar-refractivity contribution in [1.29, 1.82) is 0 Å². The van der Waals surface area contributed by atoms with Crippen molar-refractivity contribution in [2.24, 2.45) is 10.7 Å². The van der Waals surface area contributed by atoms with Gasteiger partial charge < -0.3 is 11.1 Å². The molecule has 8 heteroatoms. The van der Waals surface area contributed by atoms with Gasteiger partial charge in [-0.05, 0) is 19.9 Å². The van der Waals surface area contributed by atoms with Crippen LogP contribution < -0.4 is 11.1 Å². The van der Waals surface area contributed by atoms with Gasteiger partial charge in [0.05, 0.1) is 13.1 Å². The van der Waals surface area contributed by atoms with Crippen LogP contribution in [0.1, 0.15) is 38.5 Å². The lowest BCUT2D eigenvalue weighted by Gasteiger charge is -2.18. The summed E-state index contributed by atoms with van der Waals surface area (Å²) in [7, 11) is 1.43. The average Bonchev–Trinajstić information content (AvgIpc) is 2.55. The third-order valence-corrected chi connectivity index (χ3v) is 3.42. The summed E-state index contributed by atoms with van der Waals surface area (Å²) in [5, 5.41) is 3.17. The molecule has 0 atom stereocenters. The van der Waals surface area contributed by atoms with Gasteiger partial charge in [-0.15, -0.1) is 24.0 Å². The van der Waals surface area contributed by atoms with Crippen molar-refractivity contribution in [2.45, 2.75) is 50.7 Å². The maximum absolute atomic E-state index is 12.1. The monoisotopic (exact) mass is 422 g/mol. The molecule has 1 rings (SSSR count). The Morgan fingerprint density at radius 2 is 1.81 bits per heavy atom. The van der Waals surface area contributed by atoms with Crippen LogP contribution in [0.5, 0.6) is 0 Å². The Balaban J connectivity index is 0.00000400. The molecule has 1 fully saturated rings. The van der Waals surface area contributed by atoms with Gasteiger partial charge >= 0.3 is 6.18 Å². The van der Waals surface area contributed by atoms with E-state index in [0.717, 1.165) is 12.8 Å². The van der Waals surface area contributed by atoms with E-state index in [-0.39, 0.29) is 37.1 Å². The van der Waals surface area contributed by atoms with Crippen molar-refractivity contribution in [1.82, 2.24) is 10.2 Å². The molecule has 1 saturated carbocycles. The van der Waals surface area contributed by atoms with Gasteiger partial charge in [0, 0.05) is 12.6 Å². The Labute approximate surface area is 141 Å². The molecule has 0 spiro atoms. The van der Waals surface area contributed by atoms with Crippen LogP contribution in [0.25, 0.3) is 0 Å². The Morgan fingerprint density at radius 3 is 2.33 bits per heavy atom. The zero-order chi connectivity index (χ0) is 15.0. The molecule has 0 radical (unpaired) electrons. The van der Waals surface area contributed by atoms with Gasteiger partial charge in [0.2, 0.25) is 0 Å². The minimum atomic E-state index is -4.16. The van der Waals surface area contributed by atoms with Gasteiger partial charge in [0.1, 0.15) is 0 Å². The van der Waals surface area contributed by atoms with Crippen molar-refractivity contribution in [3.8, 4) is 0 Å². The number of guanidine groups is 1. The molecule has 0 aromatic heterocycles. The van der Waals surface area contributed by atoms with Gasteiger partial charge in [-0.1, -0.05) is 25.7 Å². The molecule has 1 aliphatic carbocycles. The zero-order valence-corrected chi connectivity index (χ0v) is 14.8. The fraction of sp³-hybridized carbons (Fsp3) is 0.923. The van der Waals surface area contributed by atoms with Crippen LogP contribution in [0.2, 0.25) is 0 Å². The van der Waals surface area contributed by atoms with Crippen molar-refractivity contribution >= 4 is 29.9 Å². The SMILES string of the molecule is CN(CCN=C(N)NC1CCCCCC1)CC(F)(F)F.I. The summed E-state index contributed by atoms with van der Waals surface area (Å²) in [4.78, 5) is 5.29. The Kier molecular flexibility index (Phi) is 10.3. The van der Waals surface area contributed by atoms with E-state index in [1.807, 2.05) is 0 Å². The van der Waals surface area contributed by atoms with Crippen LogP contribution in [-0.2, 0) is 0 Å². The smallest absolute Gasteiger partial charge is 0.370 e. The molecular formula is C13H26F3IN4. The number of nitrogens with zero attached hydrogens (tertiary/aromatic N) is 2. The summed E-state index contributed by atoms with van der Waals surface area (Å²) in [6.45, 7) is -0.400. The number of halogens is 4. The minimum Gasteiger partial charge on any atom is -0.370 e. The van der Waals surface area contributed by atoms with Crippen LogP contribution in [0, 0.1) is 0 Å². The zero-order valence-electron chi connectivity index (χ0n) is 12.5.